The molecule has 1 saturated heterocycles. The molecule has 1 heterocycles. The number of nitrogens with one attached hydrogen (secondary N) is 1. The molecule has 1 aromatic rings. The maximum Gasteiger partial charge on any atom is 0.315 e. The summed E-state index contributed by atoms with van der Waals surface area (Å²) < 4.78 is 0. The van der Waals surface area contributed by atoms with Crippen molar-refractivity contribution in [2.24, 2.45) is 5.92 Å². The third-order valence-corrected chi connectivity index (χ3v) is 4.45. The smallest absolute Gasteiger partial charge is 0.315 e. The number of para-hydroxylation sites is 1. The molecule has 2 rings (SSSR count). The number of amides is 1. The van der Waals surface area contributed by atoms with Crippen LogP contribution in [0.25, 0.3) is 0 Å². The highest BCUT2D eigenvalue weighted by Crippen LogP contribution is 2.34. The maximum atomic E-state index is 12.0. The Morgan fingerprint density at radius 3 is 2.52 bits per heavy atom. The number of carbonyl (C=O) groups is 2. The van der Waals surface area contributed by atoms with Gasteiger partial charge in [-0.3, -0.25) is 9.59 Å². The molecule has 7 heteroatoms. The van der Waals surface area contributed by atoms with Gasteiger partial charge in [0.2, 0.25) is 5.91 Å². The van der Waals surface area contributed by atoms with Gasteiger partial charge in [-0.2, -0.15) is 0 Å². The van der Waals surface area contributed by atoms with Gasteiger partial charge in [0.1, 0.15) is 5.92 Å². The summed E-state index contributed by atoms with van der Waals surface area (Å²) in [5.74, 6) is -2.81. The van der Waals surface area contributed by atoms with Crippen LogP contribution in [-0.4, -0.2) is 54.6 Å². The van der Waals surface area contributed by atoms with E-state index in [-0.39, 0.29) is 0 Å². The summed E-state index contributed by atoms with van der Waals surface area (Å²) in [6, 6.07) is 5.27. The summed E-state index contributed by atoms with van der Waals surface area (Å²) in [6.07, 6.45) is 0. The number of nitrogens with zero attached hydrogens (tertiary/aromatic N) is 2. The summed E-state index contributed by atoms with van der Waals surface area (Å²) in [5, 5.41) is 12.2. The Labute approximate surface area is 141 Å². The van der Waals surface area contributed by atoms with Crippen molar-refractivity contribution in [3.8, 4) is 0 Å². The van der Waals surface area contributed by atoms with Crippen molar-refractivity contribution in [1.82, 2.24) is 4.90 Å². The lowest BCUT2D eigenvalue weighted by molar-refractivity contribution is -0.144. The number of hydrogen-bond acceptors (Lipinski definition) is 4. The van der Waals surface area contributed by atoms with Gasteiger partial charge in [-0.25, -0.2) is 0 Å². The van der Waals surface area contributed by atoms with Crippen LogP contribution in [-0.2, 0) is 9.59 Å². The number of carboxylic acids is 1. The van der Waals surface area contributed by atoms with Crippen LogP contribution >= 0.6 is 11.6 Å². The number of hydrogen-bond donors (Lipinski definition) is 2. The van der Waals surface area contributed by atoms with Crippen molar-refractivity contribution in [3.05, 3.63) is 23.2 Å². The number of anilines is 2. The first-order chi connectivity index (χ1) is 10.9. The van der Waals surface area contributed by atoms with Crippen molar-refractivity contribution < 1.29 is 14.7 Å². The highest BCUT2D eigenvalue weighted by atomic mass is 35.5. The van der Waals surface area contributed by atoms with Crippen LogP contribution in [0.1, 0.15) is 13.8 Å². The molecule has 1 unspecified atom stereocenters. The number of likely N-dealkylation sites (N-methyl/N-ethyl adjacent to an activating group) is 1. The lowest BCUT2D eigenvalue weighted by atomic mass is 10.1. The molecule has 0 aliphatic carbocycles. The Bertz CT molecular complexity index is 586. The van der Waals surface area contributed by atoms with E-state index in [1.807, 2.05) is 0 Å². The number of piperazine rings is 1. The number of aliphatic carboxylic acids is 1. The zero-order valence-electron chi connectivity index (χ0n) is 13.4. The lowest BCUT2D eigenvalue weighted by Crippen LogP contribution is -2.46. The molecular weight excluding hydrogens is 318 g/mol. The summed E-state index contributed by atoms with van der Waals surface area (Å²) in [5.41, 5.74) is 1.32. The van der Waals surface area contributed by atoms with E-state index in [1.54, 1.807) is 18.2 Å². The number of carboxylic acid groups (broad SMARTS) is 1. The molecule has 0 saturated carbocycles. The largest absolute Gasteiger partial charge is 0.481 e. The predicted octanol–water partition coefficient (Wildman–Crippen LogP) is 2.14. The van der Waals surface area contributed by atoms with Gasteiger partial charge in [-0.05, 0) is 25.6 Å². The fourth-order valence-corrected chi connectivity index (χ4v) is 2.87. The first kappa shape index (κ1) is 17.6. The standard InChI is InChI=1S/C16H22ClN3O3/c1-3-19-7-9-20(10-8-19)14-12(17)5-4-6-13(14)18-15(21)11(2)16(22)23/h4-6,11H,3,7-10H2,1-2H3,(H,18,21)(H,22,23). The van der Waals surface area contributed by atoms with Crippen LogP contribution in [0.4, 0.5) is 11.4 Å². The molecule has 6 nitrogen and oxygen atoms in total. The molecule has 1 aliphatic heterocycles. The van der Waals surface area contributed by atoms with E-state index in [1.165, 1.54) is 6.92 Å². The first-order valence-corrected chi connectivity index (χ1v) is 8.11. The summed E-state index contributed by atoms with van der Waals surface area (Å²) in [7, 11) is 0. The Morgan fingerprint density at radius 2 is 1.96 bits per heavy atom. The van der Waals surface area contributed by atoms with Crippen LogP contribution in [0.15, 0.2) is 18.2 Å². The molecule has 0 radical (unpaired) electrons. The van der Waals surface area contributed by atoms with E-state index < -0.39 is 17.8 Å². The summed E-state index contributed by atoms with van der Waals surface area (Å²) in [4.78, 5) is 27.5. The molecule has 1 amide bonds. The molecule has 1 aliphatic rings. The minimum absolute atomic E-state index is 0.548. The van der Waals surface area contributed by atoms with Gasteiger partial charge in [0.05, 0.1) is 16.4 Å². The second-order valence-corrected chi connectivity index (χ2v) is 6.01. The van der Waals surface area contributed by atoms with Gasteiger partial charge in [-0.15, -0.1) is 0 Å². The van der Waals surface area contributed by atoms with E-state index in [2.05, 4.69) is 22.0 Å². The second-order valence-electron chi connectivity index (χ2n) is 5.61. The van der Waals surface area contributed by atoms with Crippen LogP contribution in [0.5, 0.6) is 0 Å². The van der Waals surface area contributed by atoms with Crippen LogP contribution < -0.4 is 10.2 Å². The normalized spacial score (nSPS) is 16.9. The molecular formula is C16H22ClN3O3. The van der Waals surface area contributed by atoms with Crippen LogP contribution in [0, 0.1) is 5.92 Å². The number of benzene rings is 1. The van der Waals surface area contributed by atoms with Crippen LogP contribution in [0.2, 0.25) is 5.02 Å². The molecule has 126 valence electrons. The third-order valence-electron chi connectivity index (χ3n) is 4.14. The van der Waals surface area contributed by atoms with Crippen molar-refractivity contribution in [2.75, 3.05) is 42.9 Å². The van der Waals surface area contributed by atoms with Gasteiger partial charge >= 0.3 is 5.97 Å². The fraction of sp³-hybridized carbons (Fsp3) is 0.500. The molecule has 23 heavy (non-hydrogen) atoms. The quantitative estimate of drug-likeness (QED) is 0.804. The minimum atomic E-state index is -1.15. The Balaban J connectivity index is 2.20. The monoisotopic (exact) mass is 339 g/mol. The maximum absolute atomic E-state index is 12.0. The number of carbonyl (C=O) groups excluding carboxylic acids is 1. The zero-order valence-corrected chi connectivity index (χ0v) is 14.1. The van der Waals surface area contributed by atoms with Gasteiger partial charge in [-0.1, -0.05) is 24.6 Å². The zero-order chi connectivity index (χ0) is 17.0. The van der Waals surface area contributed by atoms with E-state index in [9.17, 15) is 9.59 Å². The minimum Gasteiger partial charge on any atom is -0.481 e. The summed E-state index contributed by atoms with van der Waals surface area (Å²) in [6.45, 7) is 7.99. The Hall–Kier alpha value is -1.79. The summed E-state index contributed by atoms with van der Waals surface area (Å²) >= 11 is 6.34. The van der Waals surface area contributed by atoms with E-state index >= 15 is 0 Å². The highest BCUT2D eigenvalue weighted by molar-refractivity contribution is 6.34. The van der Waals surface area contributed by atoms with E-state index in [0.717, 1.165) is 38.4 Å². The molecule has 0 aromatic heterocycles. The van der Waals surface area contributed by atoms with Crippen LogP contribution in [0.3, 0.4) is 0 Å². The van der Waals surface area contributed by atoms with Gasteiger partial charge < -0.3 is 20.2 Å². The Morgan fingerprint density at radius 1 is 1.30 bits per heavy atom. The predicted molar refractivity (Wildman–Crippen MR) is 91.2 cm³/mol. The molecule has 2 N–H and O–H groups in total. The second kappa shape index (κ2) is 7.66. The molecule has 1 atom stereocenters. The van der Waals surface area contributed by atoms with Gasteiger partial charge in [0, 0.05) is 26.2 Å². The van der Waals surface area contributed by atoms with E-state index in [0.29, 0.717) is 10.7 Å². The van der Waals surface area contributed by atoms with E-state index in [4.69, 9.17) is 16.7 Å². The van der Waals surface area contributed by atoms with Crippen molar-refractivity contribution >= 4 is 34.9 Å². The fourth-order valence-electron chi connectivity index (χ4n) is 2.58. The highest BCUT2D eigenvalue weighted by Gasteiger charge is 2.24. The average molecular weight is 340 g/mol. The molecule has 1 fully saturated rings. The lowest BCUT2D eigenvalue weighted by Gasteiger charge is -2.36. The average Bonchev–Trinajstić information content (AvgIpc) is 2.54. The number of halogens is 1. The van der Waals surface area contributed by atoms with Crippen molar-refractivity contribution in [1.29, 1.82) is 0 Å². The van der Waals surface area contributed by atoms with Crippen molar-refractivity contribution in [3.63, 3.8) is 0 Å². The molecule has 1 aromatic carbocycles. The first-order valence-electron chi connectivity index (χ1n) is 7.73. The SMILES string of the molecule is CCN1CCN(c2c(Cl)cccc2NC(=O)C(C)C(=O)O)CC1. The molecule has 0 spiro atoms. The third kappa shape index (κ3) is 4.14. The number of rotatable bonds is 5. The van der Waals surface area contributed by atoms with Gasteiger partial charge in [0.25, 0.3) is 0 Å². The Kier molecular flexibility index (Phi) is 5.85. The van der Waals surface area contributed by atoms with Gasteiger partial charge in [0.15, 0.2) is 0 Å². The van der Waals surface area contributed by atoms with Crippen molar-refractivity contribution in [2.45, 2.75) is 13.8 Å². The molecule has 0 bridgehead atoms. The topological polar surface area (TPSA) is 72.9 Å².